The average Bonchev–Trinajstić information content (AvgIpc) is 1.56. The standard InChI is InChI=1S/C6H12NO3P/c1-6(2,3)5(4-7)11(8,9)10/h5H,1-3H3,(H2,8,9,10). The molecule has 0 rings (SSSR count). The molecule has 0 aliphatic rings. The molecule has 0 heterocycles. The summed E-state index contributed by atoms with van der Waals surface area (Å²) in [5.41, 5.74) is -1.89. The number of nitrogens with zero attached hydrogens (tertiary/aromatic N) is 1. The van der Waals surface area contributed by atoms with Crippen molar-refractivity contribution in [2.45, 2.75) is 26.4 Å². The second-order valence-corrected chi connectivity index (χ2v) is 5.18. The Balaban J connectivity index is 4.76. The summed E-state index contributed by atoms with van der Waals surface area (Å²) in [4.78, 5) is 17.4. The SMILES string of the molecule is CC(C)(C)C(C#N)P(=O)(O)O. The zero-order valence-electron chi connectivity index (χ0n) is 6.77. The highest BCUT2D eigenvalue weighted by Crippen LogP contribution is 2.48. The van der Waals surface area contributed by atoms with Crippen molar-refractivity contribution in [3.8, 4) is 6.07 Å². The Morgan fingerprint density at radius 2 is 1.82 bits per heavy atom. The third kappa shape index (κ3) is 3.02. The molecule has 64 valence electrons. The first kappa shape index (κ1) is 10.6. The van der Waals surface area contributed by atoms with E-state index < -0.39 is 18.7 Å². The highest BCUT2D eigenvalue weighted by Gasteiger charge is 2.38. The van der Waals surface area contributed by atoms with Gasteiger partial charge in [-0.25, -0.2) is 0 Å². The Morgan fingerprint density at radius 3 is 1.82 bits per heavy atom. The summed E-state index contributed by atoms with van der Waals surface area (Å²) in [5, 5.41) is 8.46. The summed E-state index contributed by atoms with van der Waals surface area (Å²) in [6, 6.07) is 1.62. The number of hydrogen-bond acceptors (Lipinski definition) is 2. The van der Waals surface area contributed by atoms with E-state index in [1.54, 1.807) is 26.8 Å². The predicted molar refractivity (Wildman–Crippen MR) is 40.9 cm³/mol. The number of hydrogen-bond donors (Lipinski definition) is 2. The summed E-state index contributed by atoms with van der Waals surface area (Å²) >= 11 is 0. The quantitative estimate of drug-likeness (QED) is 0.587. The molecule has 0 aromatic heterocycles. The molecule has 0 radical (unpaired) electrons. The maximum Gasteiger partial charge on any atom is 0.343 e. The minimum Gasteiger partial charge on any atom is -0.323 e. The normalized spacial score (nSPS) is 15.6. The molecule has 1 unspecified atom stereocenters. The van der Waals surface area contributed by atoms with Gasteiger partial charge in [0.05, 0.1) is 6.07 Å². The van der Waals surface area contributed by atoms with Gasteiger partial charge < -0.3 is 9.79 Å². The Morgan fingerprint density at radius 1 is 1.45 bits per heavy atom. The Hall–Kier alpha value is -0.360. The molecule has 0 aliphatic heterocycles. The second-order valence-electron chi connectivity index (χ2n) is 3.49. The van der Waals surface area contributed by atoms with Gasteiger partial charge in [0.25, 0.3) is 0 Å². The monoisotopic (exact) mass is 177 g/mol. The summed E-state index contributed by atoms with van der Waals surface area (Å²) < 4.78 is 10.7. The average molecular weight is 177 g/mol. The molecular weight excluding hydrogens is 165 g/mol. The molecule has 0 amide bonds. The molecule has 0 aromatic rings. The molecule has 0 saturated carbocycles. The summed E-state index contributed by atoms with van der Waals surface area (Å²) in [7, 11) is -4.26. The molecule has 0 fully saturated rings. The first-order valence-corrected chi connectivity index (χ1v) is 4.82. The van der Waals surface area contributed by atoms with Crippen molar-refractivity contribution < 1.29 is 14.4 Å². The molecule has 11 heavy (non-hydrogen) atoms. The largest absolute Gasteiger partial charge is 0.343 e. The van der Waals surface area contributed by atoms with E-state index in [0.717, 1.165) is 0 Å². The van der Waals surface area contributed by atoms with Gasteiger partial charge in [0.2, 0.25) is 0 Å². The lowest BCUT2D eigenvalue weighted by Crippen LogP contribution is -2.24. The number of nitriles is 1. The van der Waals surface area contributed by atoms with Gasteiger partial charge in [-0.3, -0.25) is 4.57 Å². The van der Waals surface area contributed by atoms with E-state index >= 15 is 0 Å². The van der Waals surface area contributed by atoms with Crippen molar-refractivity contribution in [2.75, 3.05) is 0 Å². The minimum atomic E-state index is -4.26. The molecule has 4 nitrogen and oxygen atoms in total. The van der Waals surface area contributed by atoms with Crippen LogP contribution >= 0.6 is 7.60 Å². The molecule has 2 N–H and O–H groups in total. The fourth-order valence-electron chi connectivity index (χ4n) is 0.773. The Kier molecular flexibility index (Phi) is 2.85. The van der Waals surface area contributed by atoms with Crippen LogP contribution in [0.1, 0.15) is 20.8 Å². The summed E-state index contributed by atoms with van der Waals surface area (Å²) in [5.74, 6) is 0. The van der Waals surface area contributed by atoms with Gasteiger partial charge in [-0.2, -0.15) is 5.26 Å². The number of rotatable bonds is 1. The Labute approximate surface area is 66.0 Å². The van der Waals surface area contributed by atoms with Crippen molar-refractivity contribution in [3.63, 3.8) is 0 Å². The van der Waals surface area contributed by atoms with Crippen molar-refractivity contribution in [1.82, 2.24) is 0 Å². The summed E-state index contributed by atoms with van der Waals surface area (Å²) in [6.45, 7) is 4.87. The van der Waals surface area contributed by atoms with Gasteiger partial charge in [-0.15, -0.1) is 0 Å². The zero-order valence-corrected chi connectivity index (χ0v) is 7.67. The lowest BCUT2D eigenvalue weighted by Gasteiger charge is -2.24. The van der Waals surface area contributed by atoms with Crippen LogP contribution in [-0.4, -0.2) is 15.4 Å². The third-order valence-electron chi connectivity index (χ3n) is 1.28. The third-order valence-corrected chi connectivity index (χ3v) is 2.84. The van der Waals surface area contributed by atoms with Gasteiger partial charge >= 0.3 is 7.60 Å². The van der Waals surface area contributed by atoms with Crippen LogP contribution in [0.3, 0.4) is 0 Å². The van der Waals surface area contributed by atoms with E-state index in [4.69, 9.17) is 15.0 Å². The van der Waals surface area contributed by atoms with E-state index in [1.165, 1.54) is 0 Å². The van der Waals surface area contributed by atoms with Gasteiger partial charge in [0.1, 0.15) is 0 Å². The van der Waals surface area contributed by atoms with Crippen molar-refractivity contribution in [3.05, 3.63) is 0 Å². The van der Waals surface area contributed by atoms with E-state index in [-0.39, 0.29) is 0 Å². The van der Waals surface area contributed by atoms with Crippen LogP contribution in [0, 0.1) is 16.7 Å². The molecule has 0 bridgehead atoms. The van der Waals surface area contributed by atoms with Crippen molar-refractivity contribution >= 4 is 7.60 Å². The van der Waals surface area contributed by atoms with E-state index in [0.29, 0.717) is 0 Å². The highest BCUT2D eigenvalue weighted by molar-refractivity contribution is 7.53. The first-order chi connectivity index (χ1) is 4.69. The van der Waals surface area contributed by atoms with Crippen LogP contribution in [0.15, 0.2) is 0 Å². The van der Waals surface area contributed by atoms with E-state index in [9.17, 15) is 4.57 Å². The van der Waals surface area contributed by atoms with Crippen LogP contribution in [0.25, 0.3) is 0 Å². The lowest BCUT2D eigenvalue weighted by molar-refractivity contribution is 0.320. The smallest absolute Gasteiger partial charge is 0.323 e. The topological polar surface area (TPSA) is 81.3 Å². The van der Waals surface area contributed by atoms with E-state index in [2.05, 4.69) is 0 Å². The minimum absolute atomic E-state index is 0.673. The van der Waals surface area contributed by atoms with Gasteiger partial charge in [-0.1, -0.05) is 20.8 Å². The Bertz CT molecular complexity index is 219. The molecule has 0 saturated heterocycles. The van der Waals surface area contributed by atoms with E-state index in [1.807, 2.05) is 0 Å². The summed E-state index contributed by atoms with van der Waals surface area (Å²) in [6.07, 6.45) is 0. The fraction of sp³-hybridized carbons (Fsp3) is 0.833. The maximum absolute atomic E-state index is 10.7. The fourth-order valence-corrected chi connectivity index (χ4v) is 1.93. The van der Waals surface area contributed by atoms with Gasteiger partial charge in [0.15, 0.2) is 5.66 Å². The van der Waals surface area contributed by atoms with Gasteiger partial charge in [0, 0.05) is 0 Å². The van der Waals surface area contributed by atoms with Crippen LogP contribution < -0.4 is 0 Å². The molecule has 1 atom stereocenters. The lowest BCUT2D eigenvalue weighted by atomic mass is 9.93. The van der Waals surface area contributed by atoms with Crippen molar-refractivity contribution in [1.29, 1.82) is 5.26 Å². The molecular formula is C6H12NO3P. The molecule has 0 aliphatic carbocycles. The van der Waals surface area contributed by atoms with Crippen LogP contribution in [0.2, 0.25) is 0 Å². The van der Waals surface area contributed by atoms with Gasteiger partial charge in [-0.05, 0) is 5.41 Å². The first-order valence-electron chi connectivity index (χ1n) is 3.14. The van der Waals surface area contributed by atoms with Crippen LogP contribution in [-0.2, 0) is 4.57 Å². The zero-order chi connectivity index (χ0) is 9.28. The molecule has 5 heteroatoms. The second kappa shape index (κ2) is 2.94. The van der Waals surface area contributed by atoms with Crippen LogP contribution in [0.4, 0.5) is 0 Å². The van der Waals surface area contributed by atoms with Crippen molar-refractivity contribution in [2.24, 2.45) is 5.41 Å². The highest BCUT2D eigenvalue weighted by atomic mass is 31.2. The molecule has 0 spiro atoms. The van der Waals surface area contributed by atoms with Crippen LogP contribution in [0.5, 0.6) is 0 Å². The predicted octanol–water partition coefficient (Wildman–Crippen LogP) is 1.10. The maximum atomic E-state index is 10.7. The molecule has 0 aromatic carbocycles.